The van der Waals surface area contributed by atoms with Crippen molar-refractivity contribution >= 4 is 40.9 Å². The van der Waals surface area contributed by atoms with Crippen LogP contribution < -0.4 is 20.7 Å². The molecule has 0 saturated heterocycles. The van der Waals surface area contributed by atoms with Gasteiger partial charge in [-0.05, 0) is 86.2 Å². The number of fused-ring (bicyclic) bond motifs is 3. The number of methoxy groups -OCH3 is 1. The molecule has 12 heteroatoms. The van der Waals surface area contributed by atoms with E-state index >= 15 is 0 Å². The lowest BCUT2D eigenvalue weighted by atomic mass is 9.92. The fraction of sp³-hybridized carbons (Fsp3) is 0.306. The highest BCUT2D eigenvalue weighted by molar-refractivity contribution is 7.10. The maximum absolute atomic E-state index is 14.1. The van der Waals surface area contributed by atoms with Gasteiger partial charge in [-0.3, -0.25) is 9.59 Å². The molecule has 1 aliphatic heterocycles. The average molecular weight is 671 g/mol. The zero-order chi connectivity index (χ0) is 34.4. The van der Waals surface area contributed by atoms with Gasteiger partial charge in [0.2, 0.25) is 0 Å². The second kappa shape index (κ2) is 14.7. The summed E-state index contributed by atoms with van der Waals surface area (Å²) in [5, 5.41) is 10.5. The molecule has 0 spiro atoms. The molecule has 0 saturated carbocycles. The molecule has 0 atom stereocenters. The second-order valence-corrected chi connectivity index (χ2v) is 13.1. The lowest BCUT2D eigenvalue weighted by Gasteiger charge is -2.19. The molecule has 0 bridgehead atoms. The minimum atomic E-state index is -0.756. The van der Waals surface area contributed by atoms with E-state index in [1.54, 1.807) is 74.6 Å². The van der Waals surface area contributed by atoms with Gasteiger partial charge >= 0.3 is 12.1 Å². The third kappa shape index (κ3) is 8.00. The van der Waals surface area contributed by atoms with E-state index in [1.165, 1.54) is 13.2 Å². The average Bonchev–Trinajstić information content (AvgIpc) is 3.46. The van der Waals surface area contributed by atoms with E-state index in [4.69, 9.17) is 14.2 Å². The lowest BCUT2D eigenvalue weighted by Crippen LogP contribution is -2.32. The number of esters is 1. The predicted molar refractivity (Wildman–Crippen MR) is 184 cm³/mol. The van der Waals surface area contributed by atoms with Gasteiger partial charge in [0.05, 0.1) is 13.7 Å². The molecule has 1 aliphatic rings. The molecule has 48 heavy (non-hydrogen) atoms. The maximum atomic E-state index is 14.1. The number of hydrogen-bond donors (Lipinski definition) is 3. The fourth-order valence-corrected chi connectivity index (χ4v) is 6.00. The van der Waals surface area contributed by atoms with Crippen molar-refractivity contribution in [1.29, 1.82) is 0 Å². The molecule has 250 valence electrons. The SMILES string of the molecule is CCCNC(=O)c1ccc(-c2cc3c(cc2C(=O)Nc2ccc(CNC(=O)OC(C)(C)C)cc2)-c2ccsc2CCO3)c(C(=O)OC)n1. The Labute approximate surface area is 283 Å². The third-order valence-electron chi connectivity index (χ3n) is 7.37. The quantitative estimate of drug-likeness (QED) is 0.169. The summed E-state index contributed by atoms with van der Waals surface area (Å²) < 4.78 is 16.5. The largest absolute Gasteiger partial charge is 0.493 e. The van der Waals surface area contributed by atoms with Crippen LogP contribution in [-0.4, -0.2) is 54.7 Å². The number of carbonyl (C=O) groups is 4. The van der Waals surface area contributed by atoms with Crippen molar-refractivity contribution < 1.29 is 33.4 Å². The van der Waals surface area contributed by atoms with Crippen LogP contribution in [0.3, 0.4) is 0 Å². The van der Waals surface area contributed by atoms with Gasteiger partial charge in [0, 0.05) is 52.3 Å². The van der Waals surface area contributed by atoms with Crippen LogP contribution in [0.4, 0.5) is 10.5 Å². The van der Waals surface area contributed by atoms with Crippen molar-refractivity contribution in [2.75, 3.05) is 25.6 Å². The van der Waals surface area contributed by atoms with E-state index in [0.29, 0.717) is 42.1 Å². The van der Waals surface area contributed by atoms with Crippen molar-refractivity contribution in [3.63, 3.8) is 0 Å². The Kier molecular flexibility index (Phi) is 10.4. The molecule has 11 nitrogen and oxygen atoms in total. The van der Waals surface area contributed by atoms with Crippen LogP contribution in [0, 0.1) is 0 Å². The zero-order valence-electron chi connectivity index (χ0n) is 27.5. The maximum Gasteiger partial charge on any atom is 0.407 e. The van der Waals surface area contributed by atoms with Crippen molar-refractivity contribution in [2.45, 2.75) is 52.7 Å². The minimum Gasteiger partial charge on any atom is -0.493 e. The molecule has 4 aromatic rings. The Hall–Kier alpha value is -5.23. The van der Waals surface area contributed by atoms with Gasteiger partial charge in [-0.1, -0.05) is 19.1 Å². The normalized spacial score (nSPS) is 12.0. The van der Waals surface area contributed by atoms with Gasteiger partial charge in [-0.15, -0.1) is 11.3 Å². The van der Waals surface area contributed by atoms with E-state index < -0.39 is 29.5 Å². The Morgan fingerprint density at radius 2 is 1.69 bits per heavy atom. The van der Waals surface area contributed by atoms with Crippen molar-refractivity contribution in [2.24, 2.45) is 0 Å². The van der Waals surface area contributed by atoms with Crippen LogP contribution >= 0.6 is 11.3 Å². The third-order valence-corrected chi connectivity index (χ3v) is 8.35. The number of ether oxygens (including phenoxy) is 3. The molecule has 0 radical (unpaired) electrons. The van der Waals surface area contributed by atoms with Crippen LogP contribution in [0.15, 0.2) is 60.0 Å². The van der Waals surface area contributed by atoms with Crippen molar-refractivity contribution in [3.05, 3.63) is 87.4 Å². The molecule has 3 heterocycles. The van der Waals surface area contributed by atoms with E-state index in [1.807, 2.05) is 18.4 Å². The monoisotopic (exact) mass is 670 g/mol. The smallest absolute Gasteiger partial charge is 0.407 e. The lowest BCUT2D eigenvalue weighted by molar-refractivity contribution is 0.0522. The van der Waals surface area contributed by atoms with Gasteiger partial charge in [-0.2, -0.15) is 0 Å². The first-order valence-corrected chi connectivity index (χ1v) is 16.5. The number of nitrogens with zero attached hydrogens (tertiary/aromatic N) is 1. The zero-order valence-corrected chi connectivity index (χ0v) is 28.3. The number of aromatic nitrogens is 1. The summed E-state index contributed by atoms with van der Waals surface area (Å²) in [5.74, 6) is -1.06. The first-order valence-electron chi connectivity index (χ1n) is 15.6. The summed E-state index contributed by atoms with van der Waals surface area (Å²) in [6.07, 6.45) is 0.923. The molecule has 2 aromatic carbocycles. The number of amides is 3. The van der Waals surface area contributed by atoms with Gasteiger partial charge in [0.1, 0.15) is 17.0 Å². The van der Waals surface area contributed by atoms with Gasteiger partial charge in [-0.25, -0.2) is 14.6 Å². The summed E-state index contributed by atoms with van der Waals surface area (Å²) in [6, 6.07) is 15.7. The number of pyridine rings is 1. The summed E-state index contributed by atoms with van der Waals surface area (Å²) >= 11 is 1.62. The van der Waals surface area contributed by atoms with E-state index in [-0.39, 0.29) is 23.5 Å². The summed E-state index contributed by atoms with van der Waals surface area (Å²) in [7, 11) is 1.23. The van der Waals surface area contributed by atoms with Crippen molar-refractivity contribution in [1.82, 2.24) is 15.6 Å². The number of carbonyl (C=O) groups excluding carboxylic acids is 4. The first-order chi connectivity index (χ1) is 23.0. The van der Waals surface area contributed by atoms with E-state index in [0.717, 1.165) is 28.0 Å². The molecule has 5 rings (SSSR count). The number of hydrogen-bond acceptors (Lipinski definition) is 9. The molecular weight excluding hydrogens is 632 g/mol. The fourth-order valence-electron chi connectivity index (χ4n) is 5.13. The molecule has 2 aromatic heterocycles. The van der Waals surface area contributed by atoms with Crippen molar-refractivity contribution in [3.8, 4) is 28.0 Å². The standard InChI is InChI=1S/C36H38N4O7S/c1-6-15-37-33(42)28-12-11-24(31(40-28)34(43)45-5)25-19-29-26(23-14-17-48-30(23)13-16-46-29)18-27(25)32(41)39-22-9-7-21(8-10-22)20-38-35(44)47-36(2,3)4/h7-12,14,17-19H,6,13,15-16,20H2,1-5H3,(H,37,42)(H,38,44)(H,39,41). The topological polar surface area (TPSA) is 145 Å². The van der Waals surface area contributed by atoms with Crippen LogP contribution in [0.1, 0.15) is 75.9 Å². The molecule has 0 fully saturated rings. The molecule has 3 amide bonds. The first kappa shape index (κ1) is 34.1. The van der Waals surface area contributed by atoms with E-state index in [9.17, 15) is 19.2 Å². The van der Waals surface area contributed by atoms with Gasteiger partial charge in [0.15, 0.2) is 5.69 Å². The van der Waals surface area contributed by atoms with Gasteiger partial charge < -0.3 is 30.2 Å². The second-order valence-electron chi connectivity index (χ2n) is 12.1. The number of thiophene rings is 1. The Bertz CT molecular complexity index is 1840. The predicted octanol–water partition coefficient (Wildman–Crippen LogP) is 6.62. The van der Waals surface area contributed by atoms with E-state index in [2.05, 4.69) is 20.9 Å². The molecular formula is C36H38N4O7S. The van der Waals surface area contributed by atoms with Gasteiger partial charge in [0.25, 0.3) is 11.8 Å². The van der Waals surface area contributed by atoms with Crippen LogP contribution in [-0.2, 0) is 22.4 Å². The number of benzene rings is 2. The Balaban J connectivity index is 1.51. The minimum absolute atomic E-state index is 0.0498. The molecule has 0 aliphatic carbocycles. The van der Waals surface area contributed by atoms with Crippen LogP contribution in [0.25, 0.3) is 22.3 Å². The van der Waals surface area contributed by atoms with Crippen LogP contribution in [0.2, 0.25) is 0 Å². The number of nitrogens with one attached hydrogen (secondary N) is 3. The number of rotatable bonds is 9. The Morgan fingerprint density at radius 3 is 2.40 bits per heavy atom. The van der Waals surface area contributed by atoms with Crippen LogP contribution in [0.5, 0.6) is 5.75 Å². The summed E-state index contributed by atoms with van der Waals surface area (Å²) in [4.78, 5) is 57.5. The summed E-state index contributed by atoms with van der Waals surface area (Å²) in [6.45, 7) is 8.45. The number of alkyl carbamates (subject to hydrolysis) is 1. The molecule has 3 N–H and O–H groups in total. The highest BCUT2D eigenvalue weighted by atomic mass is 32.1. The molecule has 0 unspecified atom stereocenters. The summed E-state index contributed by atoms with van der Waals surface area (Å²) in [5.41, 5.74) is 3.35. The Morgan fingerprint density at radius 1 is 0.917 bits per heavy atom. The number of anilines is 1. The highest BCUT2D eigenvalue weighted by Crippen LogP contribution is 2.42. The highest BCUT2D eigenvalue weighted by Gasteiger charge is 2.27.